The number of rotatable bonds is 5. The lowest BCUT2D eigenvalue weighted by molar-refractivity contribution is 0.0513. The summed E-state index contributed by atoms with van der Waals surface area (Å²) in [5, 5.41) is 4.87. The summed E-state index contributed by atoms with van der Waals surface area (Å²) in [5.41, 5.74) is 14.3. The molecule has 0 N–H and O–H groups in total. The van der Waals surface area contributed by atoms with Gasteiger partial charge in [0.25, 0.3) is 0 Å². The van der Waals surface area contributed by atoms with E-state index in [0.717, 1.165) is 28.0 Å². The topological polar surface area (TPSA) is 110 Å². The van der Waals surface area contributed by atoms with E-state index in [9.17, 15) is 10.3 Å². The van der Waals surface area contributed by atoms with Gasteiger partial charge in [-0.25, -0.2) is 4.79 Å². The second kappa shape index (κ2) is 11.0. The second-order valence-corrected chi connectivity index (χ2v) is 10.5. The highest BCUT2D eigenvalue weighted by Crippen LogP contribution is 2.43. The fraction of sp³-hybridized carbons (Fsp3) is 0.444. The smallest absolute Gasteiger partial charge is 0.410 e. The number of aliphatic imine (C=N–C) groups is 1. The van der Waals surface area contributed by atoms with Crippen molar-refractivity contribution < 1.29 is 9.53 Å². The molecular formula is C27H31ClN8O2. The fourth-order valence-electron chi connectivity index (χ4n) is 5.47. The average Bonchev–Trinajstić information content (AvgIpc) is 3.27. The first-order valence-electron chi connectivity index (χ1n) is 12.8. The minimum atomic E-state index is -0.487. The molecule has 0 saturated carbocycles. The van der Waals surface area contributed by atoms with Gasteiger partial charge in [0.05, 0.1) is 42.8 Å². The third-order valence-electron chi connectivity index (χ3n) is 7.27. The van der Waals surface area contributed by atoms with Gasteiger partial charge in [-0.3, -0.25) is 14.9 Å². The first-order chi connectivity index (χ1) is 18.4. The van der Waals surface area contributed by atoms with Crippen LogP contribution in [0, 0.1) is 0 Å². The number of carbonyl (C=O) groups excluding carboxylic acids is 1. The van der Waals surface area contributed by atoms with E-state index in [4.69, 9.17) is 21.3 Å². The second-order valence-electron chi connectivity index (χ2n) is 10.0. The fourth-order valence-corrected chi connectivity index (χ4v) is 5.64. The Morgan fingerprint density at radius 3 is 2.71 bits per heavy atom. The van der Waals surface area contributed by atoms with Crippen LogP contribution in [0.5, 0.6) is 0 Å². The summed E-state index contributed by atoms with van der Waals surface area (Å²) in [4.78, 5) is 31.1. The third-order valence-corrected chi connectivity index (χ3v) is 7.51. The number of carbonyl (C=O) groups is 1. The van der Waals surface area contributed by atoms with Crippen molar-refractivity contribution in [1.29, 1.82) is 0 Å². The van der Waals surface area contributed by atoms with Gasteiger partial charge in [-0.1, -0.05) is 28.8 Å². The van der Waals surface area contributed by atoms with Crippen LogP contribution in [0.2, 0.25) is 5.02 Å². The van der Waals surface area contributed by atoms with E-state index in [2.05, 4.69) is 26.0 Å². The molecule has 0 spiro atoms. The van der Waals surface area contributed by atoms with Crippen LogP contribution in [0.1, 0.15) is 42.3 Å². The highest BCUT2D eigenvalue weighted by Gasteiger charge is 2.37. The van der Waals surface area contributed by atoms with E-state index >= 15 is 0 Å². The van der Waals surface area contributed by atoms with Crippen molar-refractivity contribution in [2.75, 3.05) is 39.8 Å². The molecule has 2 unspecified atom stereocenters. The Hall–Kier alpha value is -3.59. The van der Waals surface area contributed by atoms with E-state index in [-0.39, 0.29) is 24.3 Å². The van der Waals surface area contributed by atoms with Crippen LogP contribution in [-0.2, 0) is 4.74 Å². The van der Waals surface area contributed by atoms with Crippen LogP contribution in [0.4, 0.5) is 4.79 Å². The normalized spacial score (nSPS) is 21.8. The lowest BCUT2D eigenvalue weighted by atomic mass is 9.88. The van der Waals surface area contributed by atoms with Gasteiger partial charge in [-0.2, -0.15) is 0 Å². The summed E-state index contributed by atoms with van der Waals surface area (Å²) in [6.45, 7) is 6.67. The van der Waals surface area contributed by atoms with Gasteiger partial charge in [-0.05, 0) is 65.9 Å². The van der Waals surface area contributed by atoms with Gasteiger partial charge >= 0.3 is 6.09 Å². The maximum absolute atomic E-state index is 12.5. The number of hydrogen-bond acceptors (Lipinski definition) is 7. The van der Waals surface area contributed by atoms with Crippen LogP contribution in [0.25, 0.3) is 22.1 Å². The molecule has 38 heavy (non-hydrogen) atoms. The summed E-state index contributed by atoms with van der Waals surface area (Å²) in [6, 6.07) is 9.08. The van der Waals surface area contributed by atoms with Gasteiger partial charge in [0, 0.05) is 49.4 Å². The summed E-state index contributed by atoms with van der Waals surface area (Å²) in [5.74, 6) is 0. The zero-order valence-electron chi connectivity index (χ0n) is 21.7. The van der Waals surface area contributed by atoms with Gasteiger partial charge in [0.2, 0.25) is 0 Å². The number of hydrogen-bond donors (Lipinski definition) is 0. The highest BCUT2D eigenvalue weighted by atomic mass is 35.5. The van der Waals surface area contributed by atoms with Crippen LogP contribution >= 0.6 is 11.6 Å². The van der Waals surface area contributed by atoms with Crippen molar-refractivity contribution in [3.05, 3.63) is 74.4 Å². The molecule has 1 fully saturated rings. The van der Waals surface area contributed by atoms with Crippen molar-refractivity contribution in [2.24, 2.45) is 10.1 Å². The van der Waals surface area contributed by atoms with E-state index in [1.807, 2.05) is 56.1 Å². The van der Waals surface area contributed by atoms with E-state index in [0.29, 0.717) is 37.7 Å². The number of ether oxygens (including phenoxy) is 1. The molecule has 5 rings (SSSR count). The number of amides is 1. The number of piperazine rings is 1. The Balaban J connectivity index is 1.57. The van der Waals surface area contributed by atoms with Crippen molar-refractivity contribution in [3.63, 3.8) is 0 Å². The largest absolute Gasteiger partial charge is 0.447 e. The average molecular weight is 535 g/mol. The molecule has 3 aliphatic rings. The number of nitrogens with zero attached hydrogens (tertiary/aromatic N) is 8. The Labute approximate surface area is 227 Å². The summed E-state index contributed by atoms with van der Waals surface area (Å²) < 4.78 is 5.42. The van der Waals surface area contributed by atoms with Crippen LogP contribution in [0.3, 0.4) is 0 Å². The number of pyridine rings is 1. The Bertz CT molecular complexity index is 1310. The lowest BCUT2D eigenvalue weighted by Gasteiger charge is -2.39. The predicted octanol–water partition coefficient (Wildman–Crippen LogP) is 4.86. The Morgan fingerprint density at radius 1 is 1.24 bits per heavy atom. The van der Waals surface area contributed by atoms with E-state index in [1.165, 1.54) is 0 Å². The molecule has 1 amide bonds. The van der Waals surface area contributed by atoms with Gasteiger partial charge in [0.15, 0.2) is 0 Å². The van der Waals surface area contributed by atoms with Crippen molar-refractivity contribution in [3.8, 4) is 0 Å². The molecule has 1 aromatic carbocycles. The zero-order chi connectivity index (χ0) is 26.8. The summed E-state index contributed by atoms with van der Waals surface area (Å²) >= 11 is 6.55. The molecule has 2 aliphatic heterocycles. The molecule has 3 heterocycles. The first-order valence-corrected chi connectivity index (χ1v) is 13.2. The first kappa shape index (κ1) is 26.0. The molecule has 1 aliphatic carbocycles. The maximum Gasteiger partial charge on any atom is 0.410 e. The third kappa shape index (κ3) is 5.07. The highest BCUT2D eigenvalue weighted by molar-refractivity contribution is 6.30. The number of likely N-dealkylation sites (N-methyl/N-ethyl adjacent to an activating group) is 1. The lowest BCUT2D eigenvalue weighted by Crippen LogP contribution is -2.50. The standard InChI is InChI=1S/C27H31ClN8O2/c1-17(2)38-27(37)36-11-9-35(10-12-36)26-20-7-6-19(28)14-21(20)22(13-18-5-4-8-31-24(18)26)25(32-33-29)23-15-30-16-34(23)3/h4-8,13-14,16-17,23,25-26H,9-12,15H2,1-3H3/t23?,25?,26-/m0/s1. The van der Waals surface area contributed by atoms with Crippen molar-refractivity contribution in [2.45, 2.75) is 38.1 Å². The van der Waals surface area contributed by atoms with Gasteiger partial charge in [0.1, 0.15) is 0 Å². The monoisotopic (exact) mass is 534 g/mol. The molecule has 198 valence electrons. The van der Waals surface area contributed by atoms with Crippen LogP contribution in [-0.4, -0.2) is 90.1 Å². The minimum Gasteiger partial charge on any atom is -0.447 e. The van der Waals surface area contributed by atoms with Gasteiger partial charge in [-0.15, -0.1) is 0 Å². The van der Waals surface area contributed by atoms with E-state index in [1.54, 1.807) is 17.4 Å². The molecule has 10 nitrogen and oxygen atoms in total. The van der Waals surface area contributed by atoms with Crippen LogP contribution < -0.4 is 0 Å². The maximum atomic E-state index is 12.5. The Kier molecular flexibility index (Phi) is 7.56. The van der Waals surface area contributed by atoms with Crippen molar-refractivity contribution >= 4 is 35.7 Å². The number of halogens is 1. The molecule has 2 aromatic rings. The minimum absolute atomic E-state index is 0.115. The summed E-state index contributed by atoms with van der Waals surface area (Å²) in [7, 11) is 1.94. The number of azide groups is 1. The Morgan fingerprint density at radius 2 is 2.03 bits per heavy atom. The molecule has 11 heteroatoms. The molecule has 0 bridgehead atoms. The molecule has 3 atom stereocenters. The predicted molar refractivity (Wildman–Crippen MR) is 148 cm³/mol. The van der Waals surface area contributed by atoms with Gasteiger partial charge < -0.3 is 14.5 Å². The molecule has 1 saturated heterocycles. The van der Waals surface area contributed by atoms with E-state index < -0.39 is 6.04 Å². The molecule has 1 aromatic heterocycles. The molecular weight excluding hydrogens is 504 g/mol. The number of fused-ring (bicyclic) bond motifs is 2. The number of aromatic nitrogens is 1. The zero-order valence-corrected chi connectivity index (χ0v) is 22.5. The van der Waals surface area contributed by atoms with Crippen molar-refractivity contribution in [1.82, 2.24) is 19.7 Å². The molecule has 0 radical (unpaired) electrons. The van der Waals surface area contributed by atoms with Crippen LogP contribution in [0.15, 0.2) is 46.6 Å². The summed E-state index contributed by atoms with van der Waals surface area (Å²) in [6.07, 6.45) is 5.23. The number of benzene rings is 1. The quantitative estimate of drug-likeness (QED) is 0.309. The SMILES string of the molecule is CC(C)OC(=O)N1CCN([C@H]2c3ccc(Cl)cc3C(C(N=[N+]=[N-])C3CN=CN3C)=Cc3cccnc32)CC1.